The van der Waals surface area contributed by atoms with Crippen molar-refractivity contribution in [1.82, 2.24) is 20.1 Å². The van der Waals surface area contributed by atoms with Gasteiger partial charge in [0.2, 0.25) is 5.91 Å². The number of hydrogen-bond donors (Lipinski definition) is 1. The lowest BCUT2D eigenvalue weighted by Gasteiger charge is -2.03. The van der Waals surface area contributed by atoms with Crippen molar-refractivity contribution in [3.8, 4) is 11.3 Å². The number of nitrogens with zero attached hydrogens (tertiary/aromatic N) is 3. The average molecular weight is 244 g/mol. The third-order valence-corrected chi connectivity index (χ3v) is 2.60. The predicted molar refractivity (Wildman–Crippen MR) is 68.8 cm³/mol. The van der Waals surface area contributed by atoms with Gasteiger partial charge in [-0.1, -0.05) is 6.92 Å². The first-order chi connectivity index (χ1) is 8.79. The van der Waals surface area contributed by atoms with Gasteiger partial charge in [-0.05, 0) is 18.2 Å². The maximum atomic E-state index is 11.1. The van der Waals surface area contributed by atoms with E-state index in [1.807, 2.05) is 36.0 Å². The van der Waals surface area contributed by atoms with E-state index in [9.17, 15) is 4.79 Å². The van der Waals surface area contributed by atoms with E-state index < -0.39 is 0 Å². The highest BCUT2D eigenvalue weighted by Crippen LogP contribution is 2.14. The summed E-state index contributed by atoms with van der Waals surface area (Å²) < 4.78 is 1.83. The number of amides is 1. The summed E-state index contributed by atoms with van der Waals surface area (Å²) in [5.74, 6) is 0.0662. The van der Waals surface area contributed by atoms with Gasteiger partial charge in [0.15, 0.2) is 0 Å². The first kappa shape index (κ1) is 12.3. The van der Waals surface area contributed by atoms with Crippen molar-refractivity contribution in [2.75, 3.05) is 6.54 Å². The molecule has 0 unspecified atom stereocenters. The largest absolute Gasteiger partial charge is 0.354 e. The molecule has 0 saturated heterocycles. The fourth-order valence-electron chi connectivity index (χ4n) is 1.60. The molecule has 2 aromatic rings. The minimum atomic E-state index is 0.0662. The zero-order chi connectivity index (χ0) is 12.8. The van der Waals surface area contributed by atoms with Gasteiger partial charge in [-0.2, -0.15) is 5.10 Å². The van der Waals surface area contributed by atoms with Crippen LogP contribution in [-0.4, -0.2) is 27.2 Å². The van der Waals surface area contributed by atoms with Crippen LogP contribution < -0.4 is 5.32 Å². The number of pyridine rings is 1. The SMILES string of the molecule is CCC(=O)NCCn1ccc(-c2ccncc2)n1. The molecular weight excluding hydrogens is 228 g/mol. The van der Waals surface area contributed by atoms with Crippen molar-refractivity contribution in [1.29, 1.82) is 0 Å². The lowest BCUT2D eigenvalue weighted by atomic mass is 10.2. The summed E-state index contributed by atoms with van der Waals surface area (Å²) in [6.45, 7) is 3.12. The van der Waals surface area contributed by atoms with Gasteiger partial charge in [0.25, 0.3) is 0 Å². The number of carbonyl (C=O) groups is 1. The Bertz CT molecular complexity index is 507. The van der Waals surface area contributed by atoms with E-state index >= 15 is 0 Å². The van der Waals surface area contributed by atoms with Crippen molar-refractivity contribution >= 4 is 5.91 Å². The number of carbonyl (C=O) groups excluding carboxylic acids is 1. The molecule has 5 nitrogen and oxygen atoms in total. The van der Waals surface area contributed by atoms with Gasteiger partial charge < -0.3 is 5.32 Å². The quantitative estimate of drug-likeness (QED) is 0.866. The molecule has 0 atom stereocenters. The monoisotopic (exact) mass is 244 g/mol. The Morgan fingerprint density at radius 2 is 2.11 bits per heavy atom. The molecule has 0 radical (unpaired) electrons. The Labute approximate surface area is 106 Å². The van der Waals surface area contributed by atoms with Gasteiger partial charge >= 0.3 is 0 Å². The van der Waals surface area contributed by atoms with Gasteiger partial charge in [-0.25, -0.2) is 0 Å². The van der Waals surface area contributed by atoms with Crippen LogP contribution in [0.3, 0.4) is 0 Å². The molecule has 2 aromatic heterocycles. The van der Waals surface area contributed by atoms with Gasteiger partial charge in [-0.15, -0.1) is 0 Å². The highest BCUT2D eigenvalue weighted by Gasteiger charge is 2.02. The van der Waals surface area contributed by atoms with Crippen molar-refractivity contribution in [2.45, 2.75) is 19.9 Å². The first-order valence-electron chi connectivity index (χ1n) is 6.00. The van der Waals surface area contributed by atoms with E-state index in [4.69, 9.17) is 0 Å². The molecular formula is C13H16N4O. The minimum absolute atomic E-state index is 0.0662. The Balaban J connectivity index is 1.93. The van der Waals surface area contributed by atoms with E-state index in [0.717, 1.165) is 11.3 Å². The molecule has 94 valence electrons. The molecule has 0 aliphatic rings. The number of nitrogens with one attached hydrogen (secondary N) is 1. The lowest BCUT2D eigenvalue weighted by Crippen LogP contribution is -2.26. The zero-order valence-electron chi connectivity index (χ0n) is 10.3. The van der Waals surface area contributed by atoms with Gasteiger partial charge in [-0.3, -0.25) is 14.5 Å². The molecule has 2 rings (SSSR count). The molecule has 5 heteroatoms. The zero-order valence-corrected chi connectivity index (χ0v) is 10.3. The fraction of sp³-hybridized carbons (Fsp3) is 0.308. The normalized spacial score (nSPS) is 10.3. The molecule has 1 N–H and O–H groups in total. The molecule has 18 heavy (non-hydrogen) atoms. The molecule has 0 bridgehead atoms. The van der Waals surface area contributed by atoms with E-state index in [1.54, 1.807) is 12.4 Å². The minimum Gasteiger partial charge on any atom is -0.354 e. The van der Waals surface area contributed by atoms with Crippen LogP contribution in [0.4, 0.5) is 0 Å². The third kappa shape index (κ3) is 3.16. The van der Waals surface area contributed by atoms with E-state index in [-0.39, 0.29) is 5.91 Å². The topological polar surface area (TPSA) is 59.8 Å². The van der Waals surface area contributed by atoms with Crippen LogP contribution in [0.25, 0.3) is 11.3 Å². The third-order valence-electron chi connectivity index (χ3n) is 2.60. The smallest absolute Gasteiger partial charge is 0.219 e. The second kappa shape index (κ2) is 5.95. The van der Waals surface area contributed by atoms with E-state index in [1.165, 1.54) is 0 Å². The highest BCUT2D eigenvalue weighted by atomic mass is 16.1. The molecule has 0 aliphatic carbocycles. The molecule has 2 heterocycles. The van der Waals surface area contributed by atoms with Crippen molar-refractivity contribution in [2.24, 2.45) is 0 Å². The number of aromatic nitrogens is 3. The molecule has 0 fully saturated rings. The van der Waals surface area contributed by atoms with Crippen LogP contribution in [-0.2, 0) is 11.3 Å². The average Bonchev–Trinajstić information content (AvgIpc) is 2.88. The van der Waals surface area contributed by atoms with Crippen LogP contribution in [0.15, 0.2) is 36.8 Å². The second-order valence-corrected chi connectivity index (χ2v) is 3.90. The fourth-order valence-corrected chi connectivity index (χ4v) is 1.60. The maximum Gasteiger partial charge on any atom is 0.219 e. The summed E-state index contributed by atoms with van der Waals surface area (Å²) in [5, 5.41) is 7.26. The maximum absolute atomic E-state index is 11.1. The van der Waals surface area contributed by atoms with Crippen molar-refractivity contribution in [3.63, 3.8) is 0 Å². The molecule has 0 aromatic carbocycles. The Morgan fingerprint density at radius 3 is 2.83 bits per heavy atom. The lowest BCUT2D eigenvalue weighted by molar-refractivity contribution is -0.120. The number of hydrogen-bond acceptors (Lipinski definition) is 3. The number of rotatable bonds is 5. The van der Waals surface area contributed by atoms with Crippen LogP contribution in [0.1, 0.15) is 13.3 Å². The standard InChI is InChI=1S/C13H16N4O/c1-2-13(18)15-8-10-17-9-5-12(16-17)11-3-6-14-7-4-11/h3-7,9H,2,8,10H2,1H3,(H,15,18). The molecule has 0 saturated carbocycles. The van der Waals surface area contributed by atoms with Gasteiger partial charge in [0.05, 0.1) is 12.2 Å². The Kier molecular flexibility index (Phi) is 4.06. The Morgan fingerprint density at radius 1 is 1.33 bits per heavy atom. The summed E-state index contributed by atoms with van der Waals surface area (Å²) in [7, 11) is 0. The van der Waals surface area contributed by atoms with E-state index in [2.05, 4.69) is 15.4 Å². The van der Waals surface area contributed by atoms with E-state index in [0.29, 0.717) is 19.5 Å². The molecule has 0 aliphatic heterocycles. The molecule has 1 amide bonds. The van der Waals surface area contributed by atoms with Crippen LogP contribution in [0.5, 0.6) is 0 Å². The summed E-state index contributed by atoms with van der Waals surface area (Å²) >= 11 is 0. The van der Waals surface area contributed by atoms with Crippen LogP contribution in [0, 0.1) is 0 Å². The van der Waals surface area contributed by atoms with Crippen LogP contribution >= 0.6 is 0 Å². The predicted octanol–water partition coefficient (Wildman–Crippen LogP) is 1.47. The van der Waals surface area contributed by atoms with Crippen molar-refractivity contribution < 1.29 is 4.79 Å². The van der Waals surface area contributed by atoms with Gasteiger partial charge in [0, 0.05) is 37.1 Å². The molecule has 0 spiro atoms. The van der Waals surface area contributed by atoms with Crippen molar-refractivity contribution in [3.05, 3.63) is 36.8 Å². The summed E-state index contributed by atoms with van der Waals surface area (Å²) in [6, 6.07) is 5.80. The second-order valence-electron chi connectivity index (χ2n) is 3.90. The summed E-state index contributed by atoms with van der Waals surface area (Å²) in [4.78, 5) is 15.1. The first-order valence-corrected chi connectivity index (χ1v) is 6.00. The highest BCUT2D eigenvalue weighted by molar-refractivity contribution is 5.75. The van der Waals surface area contributed by atoms with Gasteiger partial charge in [0.1, 0.15) is 0 Å². The summed E-state index contributed by atoms with van der Waals surface area (Å²) in [5.41, 5.74) is 1.96. The van der Waals surface area contributed by atoms with Crippen LogP contribution in [0.2, 0.25) is 0 Å². The summed E-state index contributed by atoms with van der Waals surface area (Å²) in [6.07, 6.45) is 5.92. The Hall–Kier alpha value is -2.17.